The van der Waals surface area contributed by atoms with Gasteiger partial charge in [-0.05, 0) is 60.4 Å². The molecule has 33 heavy (non-hydrogen) atoms. The molecule has 1 aliphatic carbocycles. The summed E-state index contributed by atoms with van der Waals surface area (Å²) in [4.78, 5) is 21.8. The van der Waals surface area contributed by atoms with E-state index in [4.69, 9.17) is 4.98 Å². The van der Waals surface area contributed by atoms with E-state index in [1.54, 1.807) is 30.1 Å². The van der Waals surface area contributed by atoms with E-state index in [2.05, 4.69) is 14.9 Å². The van der Waals surface area contributed by atoms with Crippen LogP contribution in [0.5, 0.6) is 0 Å². The summed E-state index contributed by atoms with van der Waals surface area (Å²) in [6, 6.07) is 18.4. The van der Waals surface area contributed by atoms with Crippen molar-refractivity contribution in [3.8, 4) is 0 Å². The highest BCUT2D eigenvalue weighted by atomic mass is 32.2. The van der Waals surface area contributed by atoms with Crippen LogP contribution in [-0.2, 0) is 12.3 Å². The van der Waals surface area contributed by atoms with Crippen LogP contribution in [0.2, 0.25) is 0 Å². The summed E-state index contributed by atoms with van der Waals surface area (Å²) in [7, 11) is 0. The molecule has 0 radical (unpaired) electrons. The van der Waals surface area contributed by atoms with E-state index in [1.807, 2.05) is 36.4 Å². The molecule has 1 amide bonds. The van der Waals surface area contributed by atoms with Gasteiger partial charge in [0, 0.05) is 23.6 Å². The van der Waals surface area contributed by atoms with Crippen molar-refractivity contribution in [1.29, 1.82) is 0 Å². The van der Waals surface area contributed by atoms with Crippen LogP contribution in [0.15, 0.2) is 72.0 Å². The third-order valence-corrected chi connectivity index (χ3v) is 7.04. The number of carbonyl (C=O) groups excluding carboxylic acids is 1. The van der Waals surface area contributed by atoms with Crippen molar-refractivity contribution in [1.82, 2.24) is 19.9 Å². The minimum absolute atomic E-state index is 0.00117. The molecule has 0 bridgehead atoms. The lowest BCUT2D eigenvalue weighted by Gasteiger charge is -2.12. The fourth-order valence-corrected chi connectivity index (χ4v) is 5.16. The lowest BCUT2D eigenvalue weighted by Crippen LogP contribution is -2.32. The van der Waals surface area contributed by atoms with Gasteiger partial charge in [0.25, 0.3) is 5.91 Å². The summed E-state index contributed by atoms with van der Waals surface area (Å²) < 4.78 is 15.3. The molecule has 168 valence electrons. The number of imidazole rings is 1. The third-order valence-electron chi connectivity index (χ3n) is 6.00. The number of aromatic nitrogens is 3. The van der Waals surface area contributed by atoms with Crippen molar-refractivity contribution >= 4 is 28.8 Å². The number of hydrogen-bond donors (Lipinski definition) is 1. The minimum atomic E-state index is -0.236. The minimum Gasteiger partial charge on any atom is -0.349 e. The number of pyridine rings is 1. The molecule has 0 spiro atoms. The van der Waals surface area contributed by atoms with Crippen LogP contribution in [0, 0.1) is 5.82 Å². The van der Waals surface area contributed by atoms with Gasteiger partial charge in [0.15, 0.2) is 10.8 Å². The van der Waals surface area contributed by atoms with Crippen LogP contribution in [0.25, 0.3) is 11.2 Å². The smallest absolute Gasteiger partial charge is 0.251 e. The zero-order chi connectivity index (χ0) is 22.6. The largest absolute Gasteiger partial charge is 0.349 e. The molecule has 0 atom stereocenters. The van der Waals surface area contributed by atoms with E-state index in [9.17, 15) is 9.18 Å². The SMILES string of the molecule is O=C(NC1CCCC1)c1ccc(Cn2c(SCc3ccc(F)cc3)nc3cccnc32)cc1. The molecule has 0 saturated heterocycles. The zero-order valence-corrected chi connectivity index (χ0v) is 19.0. The second-order valence-corrected chi connectivity index (χ2v) is 9.34. The van der Waals surface area contributed by atoms with Gasteiger partial charge >= 0.3 is 0 Å². The quantitative estimate of drug-likeness (QED) is 0.366. The van der Waals surface area contributed by atoms with E-state index in [0.29, 0.717) is 23.9 Å². The summed E-state index contributed by atoms with van der Waals surface area (Å²) >= 11 is 1.60. The van der Waals surface area contributed by atoms with Crippen molar-refractivity contribution in [2.75, 3.05) is 0 Å². The van der Waals surface area contributed by atoms with E-state index in [-0.39, 0.29) is 11.7 Å². The van der Waals surface area contributed by atoms with Crippen molar-refractivity contribution in [3.05, 3.63) is 89.4 Å². The highest BCUT2D eigenvalue weighted by Gasteiger charge is 2.18. The maximum absolute atomic E-state index is 13.2. The van der Waals surface area contributed by atoms with Gasteiger partial charge in [0.2, 0.25) is 0 Å². The number of amides is 1. The molecule has 1 N–H and O–H groups in total. The Hall–Kier alpha value is -3.19. The number of halogens is 1. The van der Waals surface area contributed by atoms with Gasteiger partial charge < -0.3 is 5.32 Å². The highest BCUT2D eigenvalue weighted by molar-refractivity contribution is 7.98. The fraction of sp³-hybridized carbons (Fsp3) is 0.269. The Bertz CT molecular complexity index is 1250. The van der Waals surface area contributed by atoms with Gasteiger partial charge in [-0.25, -0.2) is 14.4 Å². The Balaban J connectivity index is 1.33. The molecule has 2 heterocycles. The maximum Gasteiger partial charge on any atom is 0.251 e. The Labute approximate surface area is 196 Å². The Kier molecular flexibility index (Phi) is 6.39. The molecule has 2 aromatic heterocycles. The fourth-order valence-electron chi connectivity index (χ4n) is 4.20. The number of carbonyl (C=O) groups is 1. The summed E-state index contributed by atoms with van der Waals surface area (Å²) in [5.41, 5.74) is 4.45. The first kappa shape index (κ1) is 21.6. The second kappa shape index (κ2) is 9.75. The standard InChI is InChI=1S/C26H25FN4OS/c27-21-13-9-19(10-14-21)17-33-26-30-23-6-3-15-28-24(23)31(26)16-18-7-11-20(12-8-18)25(32)29-22-4-1-2-5-22/h3,6-15,22H,1-2,4-5,16-17H2,(H,29,32). The molecule has 7 heteroatoms. The predicted molar refractivity (Wildman–Crippen MR) is 129 cm³/mol. The first-order valence-corrected chi connectivity index (χ1v) is 12.2. The van der Waals surface area contributed by atoms with Crippen molar-refractivity contribution in [2.24, 2.45) is 0 Å². The number of thioether (sulfide) groups is 1. The van der Waals surface area contributed by atoms with Crippen molar-refractivity contribution < 1.29 is 9.18 Å². The summed E-state index contributed by atoms with van der Waals surface area (Å²) in [5.74, 6) is 0.448. The van der Waals surface area contributed by atoms with Gasteiger partial charge in [-0.3, -0.25) is 9.36 Å². The Morgan fingerprint density at radius 2 is 1.76 bits per heavy atom. The molecule has 4 aromatic rings. The highest BCUT2D eigenvalue weighted by Crippen LogP contribution is 2.27. The monoisotopic (exact) mass is 460 g/mol. The zero-order valence-electron chi connectivity index (χ0n) is 18.2. The van der Waals surface area contributed by atoms with Crippen molar-refractivity contribution in [2.45, 2.75) is 49.2 Å². The lowest BCUT2D eigenvalue weighted by molar-refractivity contribution is 0.0938. The van der Waals surface area contributed by atoms with Gasteiger partial charge in [-0.15, -0.1) is 0 Å². The maximum atomic E-state index is 13.2. The molecule has 1 aliphatic rings. The van der Waals surface area contributed by atoms with Crippen LogP contribution >= 0.6 is 11.8 Å². The molecule has 5 nitrogen and oxygen atoms in total. The van der Waals surface area contributed by atoms with Crippen LogP contribution in [0.1, 0.15) is 47.2 Å². The van der Waals surface area contributed by atoms with Crippen LogP contribution in [-0.4, -0.2) is 26.5 Å². The third kappa shape index (κ3) is 5.09. The second-order valence-electron chi connectivity index (χ2n) is 8.39. The number of nitrogens with one attached hydrogen (secondary N) is 1. The predicted octanol–water partition coefficient (Wildman–Crippen LogP) is 5.58. The lowest BCUT2D eigenvalue weighted by atomic mass is 10.1. The topological polar surface area (TPSA) is 59.8 Å². The average molecular weight is 461 g/mol. The number of fused-ring (bicyclic) bond motifs is 1. The van der Waals surface area contributed by atoms with Gasteiger partial charge in [0.1, 0.15) is 11.3 Å². The summed E-state index contributed by atoms with van der Waals surface area (Å²) in [6.07, 6.45) is 6.30. The molecule has 0 aliphatic heterocycles. The summed E-state index contributed by atoms with van der Waals surface area (Å²) in [5, 5.41) is 4.00. The summed E-state index contributed by atoms with van der Waals surface area (Å²) in [6.45, 7) is 0.601. The molecule has 2 aromatic carbocycles. The number of benzene rings is 2. The number of rotatable bonds is 7. The molecule has 1 saturated carbocycles. The molecule has 5 rings (SSSR count). The molecule has 0 unspecified atom stereocenters. The Morgan fingerprint density at radius 1 is 1.03 bits per heavy atom. The molecular weight excluding hydrogens is 435 g/mol. The van der Waals surface area contributed by atoms with Gasteiger partial charge in [-0.2, -0.15) is 0 Å². The number of hydrogen-bond acceptors (Lipinski definition) is 4. The van der Waals surface area contributed by atoms with Crippen LogP contribution < -0.4 is 5.32 Å². The van der Waals surface area contributed by atoms with E-state index in [1.165, 1.54) is 25.0 Å². The van der Waals surface area contributed by atoms with E-state index < -0.39 is 0 Å². The average Bonchev–Trinajstić information content (AvgIpc) is 3.47. The van der Waals surface area contributed by atoms with E-state index in [0.717, 1.165) is 40.3 Å². The van der Waals surface area contributed by atoms with Gasteiger partial charge in [-0.1, -0.05) is 48.9 Å². The number of nitrogens with zero attached hydrogens (tertiary/aromatic N) is 3. The Morgan fingerprint density at radius 3 is 2.52 bits per heavy atom. The first-order valence-electron chi connectivity index (χ1n) is 11.2. The molecule has 1 fully saturated rings. The van der Waals surface area contributed by atoms with Crippen LogP contribution in [0.3, 0.4) is 0 Å². The first-order chi connectivity index (χ1) is 16.2. The molecular formula is C26H25FN4OS. The van der Waals surface area contributed by atoms with E-state index >= 15 is 0 Å². The normalized spacial score (nSPS) is 14.1. The van der Waals surface area contributed by atoms with Crippen molar-refractivity contribution in [3.63, 3.8) is 0 Å². The van der Waals surface area contributed by atoms with Crippen LogP contribution in [0.4, 0.5) is 4.39 Å². The van der Waals surface area contributed by atoms with Gasteiger partial charge in [0.05, 0.1) is 6.54 Å².